The number of nitrogens with one attached hydrogen (secondary N) is 3. The third-order valence-electron chi connectivity index (χ3n) is 6.47. The van der Waals surface area contributed by atoms with Crippen molar-refractivity contribution in [2.45, 2.75) is 49.8 Å². The summed E-state index contributed by atoms with van der Waals surface area (Å²) >= 11 is 1.44. The molecule has 0 aliphatic heterocycles. The van der Waals surface area contributed by atoms with Crippen LogP contribution in [0.2, 0.25) is 0 Å². The number of amides is 2. The number of anilines is 1. The molecule has 3 aliphatic rings. The minimum absolute atomic E-state index is 0.0287. The maximum atomic E-state index is 13.1. The van der Waals surface area contributed by atoms with Crippen LogP contribution in [0, 0.1) is 11.8 Å². The first-order chi connectivity index (χ1) is 16.8. The number of hydrazone groups is 1. The molecule has 9 nitrogen and oxygen atoms in total. The number of rotatable bonds is 9. The maximum Gasteiger partial charge on any atom is 0.276 e. The average Bonchev–Trinajstić information content (AvgIpc) is 3.78. The van der Waals surface area contributed by atoms with Crippen molar-refractivity contribution in [2.24, 2.45) is 16.9 Å². The minimum atomic E-state index is -3.84. The van der Waals surface area contributed by atoms with Gasteiger partial charge in [0.1, 0.15) is 10.8 Å². The van der Waals surface area contributed by atoms with Crippen molar-refractivity contribution in [2.75, 3.05) is 19.0 Å². The fraction of sp³-hybridized carbons (Fsp3) is 0.458. The molecule has 2 amide bonds. The number of hydrogen-bond donors (Lipinski definition) is 3. The molecule has 2 saturated carbocycles. The smallest absolute Gasteiger partial charge is 0.276 e. The number of carbonyl (C=O) groups excluding carboxylic acids is 2. The van der Waals surface area contributed by atoms with Crippen LogP contribution in [0.25, 0.3) is 0 Å². The van der Waals surface area contributed by atoms with Crippen LogP contribution in [0.5, 0.6) is 5.75 Å². The lowest BCUT2D eigenvalue weighted by molar-refractivity contribution is -0.117. The van der Waals surface area contributed by atoms with E-state index in [4.69, 9.17) is 4.74 Å². The number of carbonyl (C=O) groups is 2. The Hall–Kier alpha value is -2.92. The summed E-state index contributed by atoms with van der Waals surface area (Å²) in [7, 11) is -2.33. The van der Waals surface area contributed by atoms with Crippen LogP contribution in [0.1, 0.15) is 52.9 Å². The topological polar surface area (TPSA) is 126 Å². The summed E-state index contributed by atoms with van der Waals surface area (Å²) in [5.74, 6) is 0.884. The summed E-state index contributed by atoms with van der Waals surface area (Å²) in [4.78, 5) is 29.0. The molecule has 2 fully saturated rings. The van der Waals surface area contributed by atoms with E-state index in [1.54, 1.807) is 12.1 Å². The third kappa shape index (κ3) is 5.51. The monoisotopic (exact) mass is 516 g/mol. The molecule has 35 heavy (non-hydrogen) atoms. The molecule has 0 radical (unpaired) electrons. The predicted octanol–water partition coefficient (Wildman–Crippen LogP) is 3.07. The van der Waals surface area contributed by atoms with E-state index >= 15 is 0 Å². The van der Waals surface area contributed by atoms with Crippen LogP contribution in [0.15, 0.2) is 34.3 Å². The van der Waals surface area contributed by atoms with Crippen LogP contribution in [-0.2, 0) is 27.7 Å². The van der Waals surface area contributed by atoms with Crippen molar-refractivity contribution in [1.82, 2.24) is 10.1 Å². The number of nitrogens with zero attached hydrogens (tertiary/aromatic N) is 1. The normalized spacial score (nSPS) is 18.6. The van der Waals surface area contributed by atoms with Gasteiger partial charge in [0.05, 0.1) is 17.6 Å². The number of methoxy groups -OCH3 is 1. The van der Waals surface area contributed by atoms with Crippen molar-refractivity contribution < 1.29 is 22.7 Å². The zero-order valence-corrected chi connectivity index (χ0v) is 21.1. The highest BCUT2D eigenvalue weighted by atomic mass is 32.2. The summed E-state index contributed by atoms with van der Waals surface area (Å²) in [5.41, 5.74) is 1.96. The molecule has 0 atom stereocenters. The van der Waals surface area contributed by atoms with Crippen molar-refractivity contribution >= 4 is 43.9 Å². The molecule has 5 rings (SSSR count). The number of hydrogen-bond acceptors (Lipinski definition) is 7. The van der Waals surface area contributed by atoms with Gasteiger partial charge >= 0.3 is 0 Å². The van der Waals surface area contributed by atoms with E-state index in [0.29, 0.717) is 53.8 Å². The molecule has 1 aromatic heterocycles. The van der Waals surface area contributed by atoms with Crippen LogP contribution in [0.3, 0.4) is 0 Å². The second kappa shape index (κ2) is 9.62. The van der Waals surface area contributed by atoms with E-state index in [-0.39, 0.29) is 22.6 Å². The van der Waals surface area contributed by atoms with Crippen LogP contribution < -0.4 is 20.2 Å². The van der Waals surface area contributed by atoms with Gasteiger partial charge in [-0.1, -0.05) is 0 Å². The van der Waals surface area contributed by atoms with Gasteiger partial charge in [-0.05, 0) is 74.3 Å². The molecule has 1 aromatic carbocycles. The van der Waals surface area contributed by atoms with Gasteiger partial charge in [0.25, 0.3) is 15.9 Å². The first-order valence-corrected chi connectivity index (χ1v) is 14.1. The number of benzene rings is 1. The lowest BCUT2D eigenvalue weighted by Crippen LogP contribution is -2.29. The highest BCUT2D eigenvalue weighted by Gasteiger charge is 2.34. The average molecular weight is 517 g/mol. The van der Waals surface area contributed by atoms with E-state index in [0.717, 1.165) is 36.1 Å². The SMILES string of the molecule is COc1ccc(S(=O)(=O)NN=C2CCc3sc(NC(=O)C4CC4)c(C(=O)NCC4CC4)c3C2)cc1. The number of fused-ring (bicyclic) bond motifs is 1. The van der Waals surface area contributed by atoms with Gasteiger partial charge in [-0.2, -0.15) is 13.5 Å². The molecule has 3 aliphatic carbocycles. The first kappa shape index (κ1) is 23.8. The highest BCUT2D eigenvalue weighted by Crippen LogP contribution is 2.39. The lowest BCUT2D eigenvalue weighted by Gasteiger charge is -2.16. The molecular formula is C24H28N4O5S2. The highest BCUT2D eigenvalue weighted by molar-refractivity contribution is 7.89. The predicted molar refractivity (Wildman–Crippen MR) is 134 cm³/mol. The zero-order valence-electron chi connectivity index (χ0n) is 19.4. The zero-order chi connectivity index (χ0) is 24.6. The number of ether oxygens (including phenoxy) is 1. The van der Waals surface area contributed by atoms with E-state index in [1.807, 2.05) is 0 Å². The Bertz CT molecular complexity index is 1280. The molecular weight excluding hydrogens is 488 g/mol. The van der Waals surface area contributed by atoms with Gasteiger partial charge in [0, 0.05) is 29.5 Å². The van der Waals surface area contributed by atoms with Gasteiger partial charge in [0.2, 0.25) is 5.91 Å². The molecule has 3 N–H and O–H groups in total. The molecule has 1 heterocycles. The Balaban J connectivity index is 1.36. The van der Waals surface area contributed by atoms with E-state index in [1.165, 1.54) is 30.6 Å². The van der Waals surface area contributed by atoms with Gasteiger partial charge in [-0.3, -0.25) is 9.59 Å². The summed E-state index contributed by atoms with van der Waals surface area (Å²) in [5, 5.41) is 10.8. The first-order valence-electron chi connectivity index (χ1n) is 11.8. The lowest BCUT2D eigenvalue weighted by atomic mass is 9.93. The molecule has 0 bridgehead atoms. The van der Waals surface area contributed by atoms with Crippen LogP contribution in [-0.4, -0.2) is 39.6 Å². The van der Waals surface area contributed by atoms with Crippen molar-refractivity contribution in [3.63, 3.8) is 0 Å². The Morgan fingerprint density at radius 3 is 2.51 bits per heavy atom. The number of thiophene rings is 1. The Labute approximate surface area is 208 Å². The van der Waals surface area contributed by atoms with Crippen molar-refractivity contribution in [1.29, 1.82) is 0 Å². The molecule has 0 spiro atoms. The summed E-state index contributed by atoms with van der Waals surface area (Å²) < 4.78 is 30.4. The Morgan fingerprint density at radius 2 is 1.86 bits per heavy atom. The summed E-state index contributed by atoms with van der Waals surface area (Å²) in [6.07, 6.45) is 5.55. The van der Waals surface area contributed by atoms with Gasteiger partial charge in [-0.25, -0.2) is 4.83 Å². The fourth-order valence-corrected chi connectivity index (χ4v) is 6.08. The summed E-state index contributed by atoms with van der Waals surface area (Å²) in [6.45, 7) is 0.627. The van der Waals surface area contributed by atoms with Crippen molar-refractivity contribution in [3.8, 4) is 5.75 Å². The molecule has 11 heteroatoms. The van der Waals surface area contributed by atoms with Crippen LogP contribution in [0.4, 0.5) is 5.00 Å². The fourth-order valence-electron chi connectivity index (χ4n) is 4.01. The standard InChI is InChI=1S/C24H28N4O5S2/c1-33-17-7-9-18(10-8-17)35(31,32)28-27-16-6-11-20-19(12-16)21(23(30)25-13-14-2-3-14)24(34-20)26-22(29)15-4-5-15/h7-10,14-15,28H,2-6,11-13H2,1H3,(H,25,30)(H,26,29). The van der Waals surface area contributed by atoms with E-state index in [2.05, 4.69) is 20.6 Å². The quantitative estimate of drug-likeness (QED) is 0.442. The number of aryl methyl sites for hydroxylation is 1. The minimum Gasteiger partial charge on any atom is -0.497 e. The Morgan fingerprint density at radius 1 is 1.11 bits per heavy atom. The van der Waals surface area contributed by atoms with Gasteiger partial charge < -0.3 is 15.4 Å². The maximum absolute atomic E-state index is 13.1. The van der Waals surface area contributed by atoms with Crippen molar-refractivity contribution in [3.05, 3.63) is 40.3 Å². The van der Waals surface area contributed by atoms with E-state index in [9.17, 15) is 18.0 Å². The Kier molecular flexibility index (Phi) is 6.54. The van der Waals surface area contributed by atoms with Crippen LogP contribution >= 0.6 is 11.3 Å². The van der Waals surface area contributed by atoms with Gasteiger partial charge in [-0.15, -0.1) is 11.3 Å². The summed E-state index contributed by atoms with van der Waals surface area (Å²) in [6, 6.07) is 6.06. The second-order valence-electron chi connectivity index (χ2n) is 9.25. The third-order valence-corrected chi connectivity index (χ3v) is 8.90. The molecule has 0 unspecified atom stereocenters. The molecule has 2 aromatic rings. The molecule has 0 saturated heterocycles. The van der Waals surface area contributed by atoms with E-state index < -0.39 is 10.0 Å². The second-order valence-corrected chi connectivity index (χ2v) is 12.0. The molecule has 186 valence electrons. The largest absolute Gasteiger partial charge is 0.497 e. The number of sulfonamides is 1. The van der Waals surface area contributed by atoms with Gasteiger partial charge in [0.15, 0.2) is 0 Å².